The van der Waals surface area contributed by atoms with Crippen molar-refractivity contribution in [2.75, 3.05) is 0 Å². The van der Waals surface area contributed by atoms with E-state index in [1.165, 1.54) is 12.0 Å². The Balaban J connectivity index is 1.81. The zero-order valence-corrected chi connectivity index (χ0v) is 9.57. The maximum absolute atomic E-state index is 4.63. The molecule has 15 heavy (non-hydrogen) atoms. The fourth-order valence-corrected chi connectivity index (χ4v) is 1.46. The van der Waals surface area contributed by atoms with Crippen LogP contribution in [0.15, 0.2) is 39.7 Å². The van der Waals surface area contributed by atoms with Crippen molar-refractivity contribution in [3.63, 3.8) is 0 Å². The molecule has 0 bridgehead atoms. The van der Waals surface area contributed by atoms with Gasteiger partial charge in [-0.25, -0.2) is 0 Å². The number of nitrogens with zero attached hydrogens (tertiary/aromatic N) is 2. The predicted molar refractivity (Wildman–Crippen MR) is 59.0 cm³/mol. The fraction of sp³-hybridized carbons (Fsp3) is 0.200. The molecule has 0 saturated heterocycles. The molecule has 0 aliphatic carbocycles. The van der Waals surface area contributed by atoms with Gasteiger partial charge in [-0.05, 0) is 17.7 Å². The molecule has 1 heterocycles. The molecule has 0 spiro atoms. The van der Waals surface area contributed by atoms with Crippen LogP contribution in [0.25, 0.3) is 0 Å². The average Bonchev–Trinajstić information content (AvgIpc) is 2.74. The Morgan fingerprint density at radius 3 is 2.67 bits per heavy atom. The van der Waals surface area contributed by atoms with Gasteiger partial charge in [-0.15, -0.1) is 0 Å². The lowest BCUT2D eigenvalue weighted by atomic mass is 10.2. The Morgan fingerprint density at radius 2 is 2.00 bits per heavy atom. The van der Waals surface area contributed by atoms with Crippen molar-refractivity contribution in [1.29, 1.82) is 0 Å². The quantitative estimate of drug-likeness (QED) is 0.922. The molecule has 1 N–H and O–H groups in total. The van der Waals surface area contributed by atoms with E-state index in [0.717, 1.165) is 11.0 Å². The summed E-state index contributed by atoms with van der Waals surface area (Å²) in [5.74, 6) is 0.673. The third-order valence-electron chi connectivity index (χ3n) is 1.93. The van der Waals surface area contributed by atoms with Crippen molar-refractivity contribution in [2.45, 2.75) is 13.1 Å². The molecule has 0 aliphatic heterocycles. The highest BCUT2D eigenvalue weighted by atomic mass is 79.9. The molecule has 0 amide bonds. The second-order valence-electron chi connectivity index (χ2n) is 3.08. The van der Waals surface area contributed by atoms with Crippen molar-refractivity contribution < 1.29 is 4.52 Å². The first-order valence-electron chi connectivity index (χ1n) is 4.55. The summed E-state index contributed by atoms with van der Waals surface area (Å²) in [6.45, 7) is 1.41. The van der Waals surface area contributed by atoms with E-state index in [9.17, 15) is 0 Å². The Labute approximate surface area is 95.8 Å². The zero-order chi connectivity index (χ0) is 10.5. The fourth-order valence-electron chi connectivity index (χ4n) is 1.19. The highest BCUT2D eigenvalue weighted by Gasteiger charge is 1.97. The van der Waals surface area contributed by atoms with Gasteiger partial charge in [0.1, 0.15) is 0 Å². The van der Waals surface area contributed by atoms with Crippen LogP contribution >= 0.6 is 15.9 Å². The van der Waals surface area contributed by atoms with Crippen LogP contribution in [0.2, 0.25) is 0 Å². The summed E-state index contributed by atoms with van der Waals surface area (Å²) < 4.78 is 5.71. The van der Waals surface area contributed by atoms with E-state index in [1.807, 2.05) is 12.1 Å². The first-order chi connectivity index (χ1) is 7.34. The Morgan fingerprint density at radius 1 is 1.20 bits per heavy atom. The third-order valence-corrected chi connectivity index (χ3v) is 2.46. The van der Waals surface area contributed by atoms with Gasteiger partial charge < -0.3 is 9.84 Å². The summed E-state index contributed by atoms with van der Waals surface area (Å²) in [6, 6.07) is 8.16. The lowest BCUT2D eigenvalue weighted by Crippen LogP contribution is -2.13. The molecule has 0 fully saturated rings. The minimum absolute atomic E-state index is 0.618. The summed E-state index contributed by atoms with van der Waals surface area (Å²) in [6.07, 6.45) is 1.33. The Hall–Kier alpha value is -1.20. The topological polar surface area (TPSA) is 51.0 Å². The van der Waals surface area contributed by atoms with E-state index in [0.29, 0.717) is 12.4 Å². The molecule has 1 aromatic carbocycles. The monoisotopic (exact) mass is 267 g/mol. The number of rotatable bonds is 4. The second kappa shape index (κ2) is 5.04. The summed E-state index contributed by atoms with van der Waals surface area (Å²) in [7, 11) is 0. The summed E-state index contributed by atoms with van der Waals surface area (Å²) in [4.78, 5) is 3.91. The number of hydrogen-bond donors (Lipinski definition) is 1. The van der Waals surface area contributed by atoms with E-state index < -0.39 is 0 Å². The summed E-state index contributed by atoms with van der Waals surface area (Å²) in [5.41, 5.74) is 1.22. The predicted octanol–water partition coefficient (Wildman–Crippen LogP) is 2.12. The van der Waals surface area contributed by atoms with Crippen molar-refractivity contribution in [3.8, 4) is 0 Å². The molecule has 5 heteroatoms. The third kappa shape index (κ3) is 3.14. The van der Waals surface area contributed by atoms with Gasteiger partial charge in [-0.3, -0.25) is 0 Å². The van der Waals surface area contributed by atoms with Gasteiger partial charge in [0.15, 0.2) is 5.82 Å². The van der Waals surface area contributed by atoms with Gasteiger partial charge in [0.2, 0.25) is 6.39 Å². The smallest absolute Gasteiger partial charge is 0.213 e. The van der Waals surface area contributed by atoms with E-state index >= 15 is 0 Å². The molecule has 4 nitrogen and oxygen atoms in total. The lowest BCUT2D eigenvalue weighted by molar-refractivity contribution is 0.407. The first-order valence-corrected chi connectivity index (χ1v) is 5.34. The largest absolute Gasteiger partial charge is 0.343 e. The minimum Gasteiger partial charge on any atom is -0.343 e. The van der Waals surface area contributed by atoms with Gasteiger partial charge in [-0.2, -0.15) is 4.98 Å². The van der Waals surface area contributed by atoms with Gasteiger partial charge in [0.25, 0.3) is 0 Å². The molecule has 2 rings (SSSR count). The Kier molecular flexibility index (Phi) is 3.47. The van der Waals surface area contributed by atoms with Crippen LogP contribution < -0.4 is 5.32 Å². The lowest BCUT2D eigenvalue weighted by Gasteiger charge is -2.01. The number of aromatic nitrogens is 2. The van der Waals surface area contributed by atoms with Crippen LogP contribution in [0, 0.1) is 0 Å². The number of benzene rings is 1. The highest BCUT2D eigenvalue weighted by Crippen LogP contribution is 2.10. The van der Waals surface area contributed by atoms with Crippen molar-refractivity contribution >= 4 is 15.9 Å². The van der Waals surface area contributed by atoms with Crippen LogP contribution in [-0.2, 0) is 13.1 Å². The van der Waals surface area contributed by atoms with Gasteiger partial charge >= 0.3 is 0 Å². The molecule has 0 radical (unpaired) electrons. The van der Waals surface area contributed by atoms with E-state index in [1.54, 1.807) is 0 Å². The highest BCUT2D eigenvalue weighted by molar-refractivity contribution is 9.10. The second-order valence-corrected chi connectivity index (χ2v) is 3.99. The van der Waals surface area contributed by atoms with E-state index in [2.05, 4.69) is 48.0 Å². The van der Waals surface area contributed by atoms with Crippen LogP contribution in [0.5, 0.6) is 0 Å². The molecular weight excluding hydrogens is 258 g/mol. The summed E-state index contributed by atoms with van der Waals surface area (Å²) in [5, 5.41) is 6.93. The first kappa shape index (κ1) is 10.3. The molecule has 78 valence electrons. The Bertz CT molecular complexity index is 399. The molecule has 0 aliphatic rings. The van der Waals surface area contributed by atoms with E-state index in [4.69, 9.17) is 0 Å². The minimum atomic E-state index is 0.618. The molecule has 0 saturated carbocycles. The summed E-state index contributed by atoms with van der Waals surface area (Å²) >= 11 is 3.39. The van der Waals surface area contributed by atoms with Crippen LogP contribution in [-0.4, -0.2) is 10.1 Å². The maximum Gasteiger partial charge on any atom is 0.213 e. The van der Waals surface area contributed by atoms with Crippen LogP contribution in [0.4, 0.5) is 0 Å². The molecule has 2 aromatic rings. The SMILES string of the molecule is Brc1ccc(CNCc2ncon2)cc1. The maximum atomic E-state index is 4.63. The van der Waals surface area contributed by atoms with Crippen LogP contribution in [0.1, 0.15) is 11.4 Å². The normalized spacial score (nSPS) is 10.5. The van der Waals surface area contributed by atoms with Crippen molar-refractivity contribution in [1.82, 2.24) is 15.5 Å². The number of halogens is 1. The van der Waals surface area contributed by atoms with Gasteiger partial charge in [0.05, 0.1) is 6.54 Å². The molecule has 0 atom stereocenters. The standard InChI is InChI=1S/C10H10BrN3O/c11-9-3-1-8(2-4-9)5-12-6-10-13-7-15-14-10/h1-4,7,12H,5-6H2. The number of nitrogens with one attached hydrogen (secondary N) is 1. The molecule has 0 unspecified atom stereocenters. The van der Waals surface area contributed by atoms with Gasteiger partial charge in [0, 0.05) is 11.0 Å². The van der Waals surface area contributed by atoms with Crippen LogP contribution in [0.3, 0.4) is 0 Å². The van der Waals surface area contributed by atoms with Crippen molar-refractivity contribution in [2.24, 2.45) is 0 Å². The average molecular weight is 268 g/mol. The van der Waals surface area contributed by atoms with Gasteiger partial charge in [-0.1, -0.05) is 33.2 Å². The zero-order valence-electron chi connectivity index (χ0n) is 7.98. The van der Waals surface area contributed by atoms with E-state index in [-0.39, 0.29) is 0 Å². The molecular formula is C10H10BrN3O. The molecule has 1 aromatic heterocycles. The van der Waals surface area contributed by atoms with Crippen molar-refractivity contribution in [3.05, 3.63) is 46.5 Å². The number of hydrogen-bond acceptors (Lipinski definition) is 4.